The fourth-order valence-corrected chi connectivity index (χ4v) is 2.63. The first-order valence-corrected chi connectivity index (χ1v) is 7.66. The van der Waals surface area contributed by atoms with Gasteiger partial charge >= 0.3 is 0 Å². The van der Waals surface area contributed by atoms with Gasteiger partial charge in [0.05, 0.1) is 11.3 Å². The van der Waals surface area contributed by atoms with Crippen LogP contribution in [0.4, 0.5) is 5.69 Å². The molecule has 0 unspecified atom stereocenters. The summed E-state index contributed by atoms with van der Waals surface area (Å²) in [6.45, 7) is 2.21. The lowest BCUT2D eigenvalue weighted by molar-refractivity contribution is -0.384. The molecule has 0 spiro atoms. The third kappa shape index (κ3) is 4.65. The molecular formula is C16H21N3O3. The molecule has 2 rings (SSSR count). The second kappa shape index (κ2) is 7.68. The van der Waals surface area contributed by atoms with Gasteiger partial charge in [-0.3, -0.25) is 14.9 Å². The quantitative estimate of drug-likeness (QED) is 0.669. The predicted octanol–water partition coefficient (Wildman–Crippen LogP) is 3.21. The Morgan fingerprint density at radius 1 is 1.32 bits per heavy atom. The minimum absolute atomic E-state index is 0.0251. The van der Waals surface area contributed by atoms with Gasteiger partial charge in [-0.05, 0) is 37.2 Å². The molecule has 1 aromatic carbocycles. The van der Waals surface area contributed by atoms with Gasteiger partial charge in [0.25, 0.3) is 5.69 Å². The van der Waals surface area contributed by atoms with Crippen LogP contribution in [0.15, 0.2) is 29.4 Å². The number of rotatable bonds is 5. The molecular weight excluding hydrogens is 282 g/mol. The fourth-order valence-electron chi connectivity index (χ4n) is 2.63. The van der Waals surface area contributed by atoms with Crippen LogP contribution in [0.1, 0.15) is 44.6 Å². The second-order valence-corrected chi connectivity index (χ2v) is 5.66. The second-order valence-electron chi connectivity index (χ2n) is 5.66. The molecule has 0 saturated heterocycles. The van der Waals surface area contributed by atoms with Gasteiger partial charge in [0.2, 0.25) is 5.91 Å². The van der Waals surface area contributed by atoms with Crippen molar-refractivity contribution in [2.45, 2.75) is 45.4 Å². The van der Waals surface area contributed by atoms with Crippen molar-refractivity contribution in [1.82, 2.24) is 5.43 Å². The third-order valence-electron chi connectivity index (χ3n) is 4.11. The van der Waals surface area contributed by atoms with E-state index in [0.29, 0.717) is 0 Å². The summed E-state index contributed by atoms with van der Waals surface area (Å²) < 4.78 is 0. The lowest BCUT2D eigenvalue weighted by atomic mass is 9.86. The zero-order valence-corrected chi connectivity index (χ0v) is 12.7. The largest absolute Gasteiger partial charge is 0.273 e. The lowest BCUT2D eigenvalue weighted by Gasteiger charge is -2.21. The lowest BCUT2D eigenvalue weighted by Crippen LogP contribution is -2.23. The molecule has 1 N–H and O–H groups in total. The molecule has 1 fully saturated rings. The molecule has 1 aliphatic rings. The number of carbonyl (C=O) groups excluding carboxylic acids is 1. The zero-order chi connectivity index (χ0) is 15.9. The molecule has 0 aliphatic heterocycles. The van der Waals surface area contributed by atoms with E-state index < -0.39 is 4.92 Å². The highest BCUT2D eigenvalue weighted by atomic mass is 16.6. The summed E-state index contributed by atoms with van der Waals surface area (Å²) in [5.41, 5.74) is 4.40. The predicted molar refractivity (Wildman–Crippen MR) is 84.6 cm³/mol. The fraction of sp³-hybridized carbons (Fsp3) is 0.500. The number of nitrogens with one attached hydrogen (secondary N) is 1. The Balaban J connectivity index is 1.81. The van der Waals surface area contributed by atoms with Crippen molar-refractivity contribution in [1.29, 1.82) is 0 Å². The zero-order valence-electron chi connectivity index (χ0n) is 12.7. The number of hydrazone groups is 1. The van der Waals surface area contributed by atoms with Crippen molar-refractivity contribution in [2.75, 3.05) is 0 Å². The van der Waals surface area contributed by atoms with Gasteiger partial charge in [0, 0.05) is 17.8 Å². The van der Waals surface area contributed by atoms with Crippen LogP contribution >= 0.6 is 0 Å². The number of hydrogen-bond donors (Lipinski definition) is 1. The topological polar surface area (TPSA) is 84.6 Å². The van der Waals surface area contributed by atoms with Gasteiger partial charge in [-0.2, -0.15) is 5.10 Å². The number of non-ortho nitro benzene ring substituents is 1. The van der Waals surface area contributed by atoms with E-state index in [-0.39, 0.29) is 18.0 Å². The van der Waals surface area contributed by atoms with Crippen LogP contribution < -0.4 is 5.43 Å². The number of benzene rings is 1. The SMILES string of the molecule is CCC1CCC(=NNC(=O)Cc2ccc([N+](=O)[O-])cc2)CC1. The maximum atomic E-state index is 11.8. The maximum Gasteiger partial charge on any atom is 0.269 e. The van der Waals surface area contributed by atoms with Crippen LogP contribution in [-0.4, -0.2) is 16.5 Å². The van der Waals surface area contributed by atoms with E-state index in [4.69, 9.17) is 0 Å². The van der Waals surface area contributed by atoms with E-state index in [9.17, 15) is 14.9 Å². The molecule has 0 heterocycles. The number of nitro benzene ring substituents is 1. The van der Waals surface area contributed by atoms with Crippen molar-refractivity contribution < 1.29 is 9.72 Å². The Hall–Kier alpha value is -2.24. The summed E-state index contributed by atoms with van der Waals surface area (Å²) in [6, 6.07) is 6.00. The van der Waals surface area contributed by atoms with E-state index >= 15 is 0 Å². The van der Waals surface area contributed by atoms with E-state index in [2.05, 4.69) is 17.5 Å². The first-order chi connectivity index (χ1) is 10.6. The third-order valence-corrected chi connectivity index (χ3v) is 4.11. The highest BCUT2D eigenvalue weighted by Gasteiger charge is 2.16. The van der Waals surface area contributed by atoms with Crippen LogP contribution in [0, 0.1) is 16.0 Å². The van der Waals surface area contributed by atoms with Gasteiger partial charge in [-0.1, -0.05) is 25.5 Å². The maximum absolute atomic E-state index is 11.8. The molecule has 6 heteroatoms. The molecule has 1 aliphatic carbocycles. The average molecular weight is 303 g/mol. The highest BCUT2D eigenvalue weighted by Crippen LogP contribution is 2.24. The molecule has 1 amide bonds. The van der Waals surface area contributed by atoms with Gasteiger partial charge in [-0.15, -0.1) is 0 Å². The molecule has 0 radical (unpaired) electrons. The van der Waals surface area contributed by atoms with E-state index in [1.165, 1.54) is 18.6 Å². The molecule has 0 aromatic heterocycles. The number of amides is 1. The Morgan fingerprint density at radius 3 is 2.50 bits per heavy atom. The van der Waals surface area contributed by atoms with Crippen LogP contribution in [0.25, 0.3) is 0 Å². The molecule has 6 nitrogen and oxygen atoms in total. The monoisotopic (exact) mass is 303 g/mol. The summed E-state index contributed by atoms with van der Waals surface area (Å²) in [5, 5.41) is 14.8. The minimum atomic E-state index is -0.456. The number of nitro groups is 1. The highest BCUT2D eigenvalue weighted by molar-refractivity contribution is 5.87. The molecule has 1 saturated carbocycles. The molecule has 1 aromatic rings. The number of hydrogen-bond acceptors (Lipinski definition) is 4. The minimum Gasteiger partial charge on any atom is -0.273 e. The summed E-state index contributed by atoms with van der Waals surface area (Å²) in [5.74, 6) is 0.591. The van der Waals surface area contributed by atoms with Crippen LogP contribution in [0.5, 0.6) is 0 Å². The van der Waals surface area contributed by atoms with Crippen LogP contribution in [-0.2, 0) is 11.2 Å². The normalized spacial score (nSPS) is 17.9. The Bertz CT molecular complexity index is 557. The summed E-state index contributed by atoms with van der Waals surface area (Å²) in [4.78, 5) is 22.0. The van der Waals surface area contributed by atoms with Crippen molar-refractivity contribution in [3.63, 3.8) is 0 Å². The molecule has 118 valence electrons. The Kier molecular flexibility index (Phi) is 5.63. The summed E-state index contributed by atoms with van der Waals surface area (Å²) >= 11 is 0. The van der Waals surface area contributed by atoms with E-state index in [1.54, 1.807) is 12.1 Å². The van der Waals surface area contributed by atoms with Gasteiger partial charge in [0.1, 0.15) is 0 Å². The average Bonchev–Trinajstić information content (AvgIpc) is 2.54. The smallest absolute Gasteiger partial charge is 0.269 e. The standard InChI is InChI=1S/C16H21N3O3/c1-2-12-3-7-14(8-4-12)17-18-16(20)11-13-5-9-15(10-6-13)19(21)22/h5-6,9-10,12H,2-4,7-8,11H2,1H3,(H,18,20). The molecule has 0 bridgehead atoms. The van der Waals surface area contributed by atoms with Crippen molar-refractivity contribution in [3.05, 3.63) is 39.9 Å². The first kappa shape index (κ1) is 16.1. The van der Waals surface area contributed by atoms with Gasteiger partial charge in [0.15, 0.2) is 0 Å². The van der Waals surface area contributed by atoms with Crippen LogP contribution in [0.2, 0.25) is 0 Å². The van der Waals surface area contributed by atoms with Crippen LogP contribution in [0.3, 0.4) is 0 Å². The summed E-state index contributed by atoms with van der Waals surface area (Å²) in [7, 11) is 0. The molecule has 22 heavy (non-hydrogen) atoms. The van der Waals surface area contributed by atoms with E-state index in [0.717, 1.165) is 42.9 Å². The molecule has 0 atom stereocenters. The van der Waals surface area contributed by atoms with Gasteiger partial charge in [-0.25, -0.2) is 5.43 Å². The summed E-state index contributed by atoms with van der Waals surface area (Å²) in [6.07, 6.45) is 5.58. The van der Waals surface area contributed by atoms with Crippen molar-refractivity contribution >= 4 is 17.3 Å². The van der Waals surface area contributed by atoms with Gasteiger partial charge < -0.3 is 0 Å². The number of carbonyl (C=O) groups is 1. The van der Waals surface area contributed by atoms with Crippen molar-refractivity contribution in [2.24, 2.45) is 11.0 Å². The number of nitrogens with zero attached hydrogens (tertiary/aromatic N) is 2. The Morgan fingerprint density at radius 2 is 1.95 bits per heavy atom. The van der Waals surface area contributed by atoms with Crippen molar-refractivity contribution in [3.8, 4) is 0 Å². The first-order valence-electron chi connectivity index (χ1n) is 7.66. The van der Waals surface area contributed by atoms with E-state index in [1.807, 2.05) is 0 Å². The Labute approximate surface area is 129 Å².